The number of halogens is 1. The molecule has 0 unspecified atom stereocenters. The van der Waals surface area contributed by atoms with E-state index in [1.807, 2.05) is 43.2 Å². The first-order chi connectivity index (χ1) is 10.1. The van der Waals surface area contributed by atoms with Crippen molar-refractivity contribution in [2.75, 3.05) is 0 Å². The molecule has 0 aliphatic heterocycles. The molecule has 0 aliphatic rings. The fourth-order valence-corrected chi connectivity index (χ4v) is 2.81. The summed E-state index contributed by atoms with van der Waals surface area (Å²) < 4.78 is 23.2. The third-order valence-corrected chi connectivity index (χ3v) is 3.87. The Morgan fingerprint density at radius 3 is 2.67 bits per heavy atom. The van der Waals surface area contributed by atoms with Crippen molar-refractivity contribution in [3.8, 4) is 5.69 Å². The van der Waals surface area contributed by atoms with Crippen LogP contribution in [0, 0.1) is 12.7 Å². The van der Waals surface area contributed by atoms with Gasteiger partial charge in [0.15, 0.2) is 13.2 Å². The van der Waals surface area contributed by atoms with Crippen LogP contribution in [0.4, 0.5) is 4.39 Å². The second-order valence-corrected chi connectivity index (χ2v) is 5.29. The molecule has 0 saturated heterocycles. The molecule has 2 aromatic carbocycles. The predicted molar refractivity (Wildman–Crippen MR) is 78.9 cm³/mol. The third kappa shape index (κ3) is 1.76. The number of aryl methyl sites for hydroxylation is 2. The molecule has 21 heavy (non-hydrogen) atoms. The fourth-order valence-electron chi connectivity index (χ4n) is 2.81. The van der Waals surface area contributed by atoms with Crippen LogP contribution in [0.1, 0.15) is 5.56 Å². The van der Waals surface area contributed by atoms with Crippen molar-refractivity contribution in [2.24, 2.45) is 7.05 Å². The lowest BCUT2D eigenvalue weighted by atomic mass is 10.1. The molecule has 0 radical (unpaired) electrons. The Kier molecular flexibility index (Phi) is 2.42. The SMILES string of the molecule is Cc1cc2oc3cc(F)ccc3c2cc1-n1ccc[n+]1C. The largest absolute Gasteiger partial charge is 0.456 e. The second-order valence-electron chi connectivity index (χ2n) is 5.29. The van der Waals surface area contributed by atoms with E-state index < -0.39 is 0 Å². The van der Waals surface area contributed by atoms with Gasteiger partial charge < -0.3 is 4.42 Å². The predicted octanol–water partition coefficient (Wildman–Crippen LogP) is 3.65. The number of hydrogen-bond donors (Lipinski definition) is 0. The van der Waals surface area contributed by atoms with Gasteiger partial charge in [0.05, 0.1) is 6.20 Å². The van der Waals surface area contributed by atoms with E-state index in [1.165, 1.54) is 12.1 Å². The van der Waals surface area contributed by atoms with Crippen LogP contribution in [-0.4, -0.2) is 4.68 Å². The van der Waals surface area contributed by atoms with Crippen molar-refractivity contribution >= 4 is 21.9 Å². The molecule has 4 aromatic rings. The number of hydrogen-bond acceptors (Lipinski definition) is 1. The maximum atomic E-state index is 13.3. The van der Waals surface area contributed by atoms with Crippen LogP contribution in [0.15, 0.2) is 53.2 Å². The highest BCUT2D eigenvalue weighted by atomic mass is 19.1. The van der Waals surface area contributed by atoms with Crippen LogP contribution in [0.5, 0.6) is 0 Å². The summed E-state index contributed by atoms with van der Waals surface area (Å²) in [5, 5.41) is 1.93. The van der Waals surface area contributed by atoms with Gasteiger partial charge in [-0.2, -0.15) is 0 Å². The topological polar surface area (TPSA) is 21.9 Å². The average Bonchev–Trinajstić information content (AvgIpc) is 3.00. The Bertz CT molecular complexity index is 981. The summed E-state index contributed by atoms with van der Waals surface area (Å²) in [6.45, 7) is 2.04. The van der Waals surface area contributed by atoms with Gasteiger partial charge in [-0.15, -0.1) is 9.36 Å². The lowest BCUT2D eigenvalue weighted by molar-refractivity contribution is -0.744. The van der Waals surface area contributed by atoms with Gasteiger partial charge in [0.25, 0.3) is 0 Å². The molecule has 0 spiro atoms. The van der Waals surface area contributed by atoms with E-state index in [9.17, 15) is 4.39 Å². The highest BCUT2D eigenvalue weighted by Crippen LogP contribution is 2.32. The second kappa shape index (κ2) is 4.19. The van der Waals surface area contributed by atoms with Gasteiger partial charge in [0.1, 0.15) is 22.7 Å². The van der Waals surface area contributed by atoms with Gasteiger partial charge >= 0.3 is 0 Å². The molecule has 4 rings (SSSR count). The number of benzene rings is 2. The van der Waals surface area contributed by atoms with Crippen molar-refractivity contribution < 1.29 is 13.5 Å². The van der Waals surface area contributed by atoms with Crippen LogP contribution in [0.25, 0.3) is 27.6 Å². The van der Waals surface area contributed by atoms with E-state index in [4.69, 9.17) is 4.42 Å². The first kappa shape index (κ1) is 12.1. The molecule has 0 atom stereocenters. The summed E-state index contributed by atoms with van der Waals surface area (Å²) in [4.78, 5) is 0. The lowest BCUT2D eigenvalue weighted by Crippen LogP contribution is -2.36. The number of furan rings is 1. The van der Waals surface area contributed by atoms with Gasteiger partial charge in [0, 0.05) is 22.9 Å². The average molecular weight is 281 g/mol. The number of nitrogens with zero attached hydrogens (tertiary/aromatic N) is 2. The first-order valence-electron chi connectivity index (χ1n) is 6.79. The Morgan fingerprint density at radius 2 is 1.90 bits per heavy atom. The molecule has 0 saturated carbocycles. The Hall–Kier alpha value is -2.62. The summed E-state index contributed by atoms with van der Waals surface area (Å²) in [6.07, 6.45) is 4.00. The van der Waals surface area contributed by atoms with Gasteiger partial charge in [-0.3, -0.25) is 0 Å². The number of aromatic nitrogens is 2. The highest BCUT2D eigenvalue weighted by Gasteiger charge is 2.14. The zero-order valence-corrected chi connectivity index (χ0v) is 11.8. The van der Waals surface area contributed by atoms with E-state index in [1.54, 1.807) is 6.07 Å². The van der Waals surface area contributed by atoms with Crippen LogP contribution in [-0.2, 0) is 7.05 Å². The molecular weight excluding hydrogens is 267 g/mol. The standard InChI is InChI=1S/C17H14FN2O/c1-11-8-16-14(10-15(11)20-7-3-6-19(20)2)13-5-4-12(18)9-17(13)21-16/h3-10H,1-2H3/q+1. The molecule has 0 bridgehead atoms. The lowest BCUT2D eigenvalue weighted by Gasteiger charge is -2.04. The molecule has 3 nitrogen and oxygen atoms in total. The molecule has 2 heterocycles. The zero-order valence-electron chi connectivity index (χ0n) is 11.8. The smallest absolute Gasteiger partial charge is 0.195 e. The summed E-state index contributed by atoms with van der Waals surface area (Å²) >= 11 is 0. The van der Waals surface area contributed by atoms with Gasteiger partial charge in [-0.05, 0) is 36.8 Å². The quantitative estimate of drug-likeness (QED) is 0.488. The van der Waals surface area contributed by atoms with Crippen molar-refractivity contribution in [3.05, 3.63) is 60.2 Å². The molecule has 0 N–H and O–H groups in total. The van der Waals surface area contributed by atoms with Crippen LogP contribution in [0.2, 0.25) is 0 Å². The van der Waals surface area contributed by atoms with Gasteiger partial charge in [-0.1, -0.05) is 0 Å². The van der Waals surface area contributed by atoms with Crippen LogP contribution in [0.3, 0.4) is 0 Å². The van der Waals surface area contributed by atoms with Crippen LogP contribution < -0.4 is 4.68 Å². The van der Waals surface area contributed by atoms with E-state index in [0.717, 1.165) is 27.6 Å². The van der Waals surface area contributed by atoms with E-state index >= 15 is 0 Å². The van der Waals surface area contributed by atoms with Gasteiger partial charge in [-0.25, -0.2) is 4.39 Å². The molecular formula is C17H14FN2O+. The van der Waals surface area contributed by atoms with Crippen molar-refractivity contribution in [2.45, 2.75) is 6.92 Å². The fraction of sp³-hybridized carbons (Fsp3) is 0.118. The molecule has 4 heteroatoms. The number of fused-ring (bicyclic) bond motifs is 3. The van der Waals surface area contributed by atoms with E-state index in [2.05, 4.69) is 10.7 Å². The maximum absolute atomic E-state index is 13.3. The third-order valence-electron chi connectivity index (χ3n) is 3.87. The minimum Gasteiger partial charge on any atom is -0.456 e. The molecule has 104 valence electrons. The molecule has 0 aliphatic carbocycles. The van der Waals surface area contributed by atoms with Gasteiger partial charge in [0.2, 0.25) is 0 Å². The number of rotatable bonds is 1. The summed E-state index contributed by atoms with van der Waals surface area (Å²) in [6, 6.07) is 10.8. The normalized spacial score (nSPS) is 11.6. The zero-order chi connectivity index (χ0) is 14.6. The summed E-state index contributed by atoms with van der Waals surface area (Å²) in [5.74, 6) is -0.282. The van der Waals surface area contributed by atoms with Crippen LogP contribution >= 0.6 is 0 Å². The first-order valence-corrected chi connectivity index (χ1v) is 6.79. The molecule has 0 fully saturated rings. The monoisotopic (exact) mass is 281 g/mol. The van der Waals surface area contributed by atoms with E-state index in [-0.39, 0.29) is 5.82 Å². The summed E-state index contributed by atoms with van der Waals surface area (Å²) in [5.41, 5.74) is 3.56. The van der Waals surface area contributed by atoms with Crippen molar-refractivity contribution in [1.29, 1.82) is 0 Å². The molecule has 0 amide bonds. The Morgan fingerprint density at radius 1 is 1.10 bits per heavy atom. The van der Waals surface area contributed by atoms with Crippen molar-refractivity contribution in [3.63, 3.8) is 0 Å². The maximum Gasteiger partial charge on any atom is 0.195 e. The van der Waals surface area contributed by atoms with Crippen molar-refractivity contribution in [1.82, 2.24) is 4.68 Å². The summed E-state index contributed by atoms with van der Waals surface area (Å²) in [7, 11) is 1.99. The van der Waals surface area contributed by atoms with E-state index in [0.29, 0.717) is 5.58 Å². The highest BCUT2D eigenvalue weighted by molar-refractivity contribution is 6.05. The minimum atomic E-state index is -0.282. The molecule has 2 aromatic heterocycles. The Balaban J connectivity index is 2.08. The minimum absolute atomic E-state index is 0.282. The Labute approximate surface area is 120 Å².